The van der Waals surface area contributed by atoms with Crippen LogP contribution in [0.25, 0.3) is 0 Å². The van der Waals surface area contributed by atoms with Gasteiger partial charge in [-0.2, -0.15) is 0 Å². The van der Waals surface area contributed by atoms with Crippen LogP contribution in [-0.4, -0.2) is 24.0 Å². The van der Waals surface area contributed by atoms with Crippen LogP contribution in [0.5, 0.6) is 17.4 Å². The molecule has 3 rings (SSSR count). The van der Waals surface area contributed by atoms with Crippen molar-refractivity contribution in [2.24, 2.45) is 5.41 Å². The summed E-state index contributed by atoms with van der Waals surface area (Å²) in [5, 5.41) is 2.94. The number of amides is 1. The molecule has 1 aromatic carbocycles. The molecule has 0 spiro atoms. The molecular formula is C19H22N2O3. The number of hydrogen-bond donors (Lipinski definition) is 1. The highest BCUT2D eigenvalue weighted by molar-refractivity contribution is 5.96. The number of nitrogens with one attached hydrogen (secondary N) is 1. The van der Waals surface area contributed by atoms with Crippen molar-refractivity contribution in [3.63, 3.8) is 0 Å². The summed E-state index contributed by atoms with van der Waals surface area (Å²) in [6.07, 6.45) is 3.45. The van der Waals surface area contributed by atoms with Gasteiger partial charge in [0.25, 0.3) is 5.91 Å². The fraction of sp³-hybridized carbons (Fsp3) is 0.368. The molecule has 0 saturated carbocycles. The smallest absolute Gasteiger partial charge is 0.256 e. The molecule has 1 aromatic heterocycles. The quantitative estimate of drug-likeness (QED) is 0.800. The average Bonchev–Trinajstić information content (AvgIpc) is 2.58. The highest BCUT2D eigenvalue weighted by Gasteiger charge is 2.22. The molecule has 0 aliphatic carbocycles. The van der Waals surface area contributed by atoms with Gasteiger partial charge in [-0.15, -0.1) is 0 Å². The molecule has 1 aliphatic heterocycles. The molecule has 1 amide bonds. The van der Waals surface area contributed by atoms with E-state index >= 15 is 0 Å². The first kappa shape index (κ1) is 16.3. The van der Waals surface area contributed by atoms with Gasteiger partial charge in [-0.25, -0.2) is 4.98 Å². The largest absolute Gasteiger partial charge is 0.489 e. The maximum atomic E-state index is 12.4. The summed E-state index contributed by atoms with van der Waals surface area (Å²) in [6.45, 7) is 5.52. The first-order chi connectivity index (χ1) is 11.6. The molecule has 0 radical (unpaired) electrons. The number of aromatic nitrogens is 1. The summed E-state index contributed by atoms with van der Waals surface area (Å²) in [5.41, 5.74) is 0.433. The number of carbonyl (C=O) groups is 1. The Kier molecular flexibility index (Phi) is 4.69. The van der Waals surface area contributed by atoms with E-state index in [4.69, 9.17) is 9.47 Å². The van der Waals surface area contributed by atoms with Crippen LogP contribution in [0.3, 0.4) is 0 Å². The zero-order valence-corrected chi connectivity index (χ0v) is 14.0. The molecule has 0 saturated heterocycles. The van der Waals surface area contributed by atoms with Crippen LogP contribution >= 0.6 is 0 Å². The lowest BCUT2D eigenvalue weighted by Crippen LogP contribution is -2.27. The summed E-state index contributed by atoms with van der Waals surface area (Å²) in [7, 11) is 0. The summed E-state index contributed by atoms with van der Waals surface area (Å²) >= 11 is 0. The maximum Gasteiger partial charge on any atom is 0.256 e. The van der Waals surface area contributed by atoms with Crippen LogP contribution in [0.2, 0.25) is 0 Å². The Morgan fingerprint density at radius 1 is 1.12 bits per heavy atom. The van der Waals surface area contributed by atoms with Gasteiger partial charge >= 0.3 is 0 Å². The molecule has 1 N–H and O–H groups in total. The zero-order valence-electron chi connectivity index (χ0n) is 14.0. The van der Waals surface area contributed by atoms with E-state index in [-0.39, 0.29) is 17.2 Å². The Balaban J connectivity index is 1.97. The third-order valence-electron chi connectivity index (χ3n) is 4.01. The summed E-state index contributed by atoms with van der Waals surface area (Å²) in [4.78, 5) is 16.6. The van der Waals surface area contributed by atoms with Gasteiger partial charge in [-0.05, 0) is 42.5 Å². The minimum absolute atomic E-state index is 0.0109. The Bertz CT molecular complexity index is 728. The molecule has 5 heteroatoms. The summed E-state index contributed by atoms with van der Waals surface area (Å²) in [5.74, 6) is 1.32. The maximum absolute atomic E-state index is 12.4. The number of rotatable bonds is 0. The van der Waals surface area contributed by atoms with E-state index in [2.05, 4.69) is 24.1 Å². The molecule has 0 atom stereocenters. The molecule has 0 unspecified atom stereocenters. The van der Waals surface area contributed by atoms with Gasteiger partial charge in [0, 0.05) is 12.7 Å². The van der Waals surface area contributed by atoms with Crippen LogP contribution in [0.15, 0.2) is 42.6 Å². The molecule has 0 fully saturated rings. The second-order valence-electron chi connectivity index (χ2n) is 6.72. The second kappa shape index (κ2) is 6.91. The standard InChI is InChI=1S/C19H22N2O3/c1-19(2)10-6-12-20-17(22)14-7-5-11-21-18(14)24-16-9-4-3-8-15(16)23-13-19/h3-5,7-9,11H,6,10,12-13H2,1-2H3,(H,20,22). The highest BCUT2D eigenvalue weighted by atomic mass is 16.5. The first-order valence-electron chi connectivity index (χ1n) is 8.18. The minimum atomic E-state index is -0.173. The van der Waals surface area contributed by atoms with E-state index in [9.17, 15) is 4.79 Å². The van der Waals surface area contributed by atoms with Crippen molar-refractivity contribution in [2.45, 2.75) is 26.7 Å². The summed E-state index contributed by atoms with van der Waals surface area (Å²) in [6, 6.07) is 10.9. The number of fused-ring (bicyclic) bond motifs is 2. The number of nitrogens with zero attached hydrogens (tertiary/aromatic N) is 1. The minimum Gasteiger partial charge on any atom is -0.489 e. The van der Waals surface area contributed by atoms with Crippen molar-refractivity contribution in [3.8, 4) is 17.4 Å². The second-order valence-corrected chi connectivity index (χ2v) is 6.72. The third kappa shape index (κ3) is 3.85. The molecule has 0 bridgehead atoms. The average molecular weight is 326 g/mol. The van der Waals surface area contributed by atoms with Gasteiger partial charge in [-0.1, -0.05) is 26.0 Å². The molecule has 126 valence electrons. The van der Waals surface area contributed by atoms with Gasteiger partial charge in [0.2, 0.25) is 5.88 Å². The number of para-hydroxylation sites is 2. The van der Waals surface area contributed by atoms with Crippen LogP contribution in [-0.2, 0) is 0 Å². The lowest BCUT2D eigenvalue weighted by atomic mass is 9.89. The topological polar surface area (TPSA) is 60.5 Å². The van der Waals surface area contributed by atoms with E-state index < -0.39 is 0 Å². The van der Waals surface area contributed by atoms with Crippen LogP contribution in [0, 0.1) is 5.41 Å². The Morgan fingerprint density at radius 3 is 2.75 bits per heavy atom. The molecular weight excluding hydrogens is 304 g/mol. The normalized spacial score (nSPS) is 17.5. The Hall–Kier alpha value is -2.56. The van der Waals surface area contributed by atoms with Crippen molar-refractivity contribution >= 4 is 5.91 Å². The van der Waals surface area contributed by atoms with Gasteiger partial charge in [0.1, 0.15) is 5.56 Å². The molecule has 24 heavy (non-hydrogen) atoms. The third-order valence-corrected chi connectivity index (χ3v) is 4.01. The van der Waals surface area contributed by atoms with E-state index in [0.29, 0.717) is 30.2 Å². The van der Waals surface area contributed by atoms with E-state index in [1.165, 1.54) is 0 Å². The van der Waals surface area contributed by atoms with E-state index in [0.717, 1.165) is 12.8 Å². The van der Waals surface area contributed by atoms with Crippen molar-refractivity contribution in [3.05, 3.63) is 48.2 Å². The monoisotopic (exact) mass is 326 g/mol. The van der Waals surface area contributed by atoms with Crippen molar-refractivity contribution in [1.82, 2.24) is 10.3 Å². The van der Waals surface area contributed by atoms with Crippen molar-refractivity contribution in [2.75, 3.05) is 13.2 Å². The Labute approximate surface area is 142 Å². The van der Waals surface area contributed by atoms with Crippen LogP contribution in [0.4, 0.5) is 0 Å². The molecule has 5 nitrogen and oxygen atoms in total. The van der Waals surface area contributed by atoms with E-state index in [1.807, 2.05) is 24.3 Å². The SMILES string of the molecule is CC1(C)CCCNC(=O)c2cccnc2Oc2ccccc2OC1. The molecule has 2 heterocycles. The fourth-order valence-electron chi connectivity index (χ4n) is 2.61. The van der Waals surface area contributed by atoms with Gasteiger partial charge < -0.3 is 14.8 Å². The van der Waals surface area contributed by atoms with Crippen molar-refractivity contribution in [1.29, 1.82) is 0 Å². The number of benzene rings is 1. The fourth-order valence-corrected chi connectivity index (χ4v) is 2.61. The first-order valence-corrected chi connectivity index (χ1v) is 8.18. The van der Waals surface area contributed by atoms with Gasteiger partial charge in [0.05, 0.1) is 6.61 Å². The summed E-state index contributed by atoms with van der Waals surface area (Å²) < 4.78 is 11.9. The lowest BCUT2D eigenvalue weighted by Gasteiger charge is -2.25. The number of pyridine rings is 1. The Morgan fingerprint density at radius 2 is 1.92 bits per heavy atom. The predicted octanol–water partition coefficient (Wildman–Crippen LogP) is 3.80. The number of ether oxygens (including phenoxy) is 2. The van der Waals surface area contributed by atoms with Gasteiger partial charge in [0.15, 0.2) is 11.5 Å². The van der Waals surface area contributed by atoms with Crippen molar-refractivity contribution < 1.29 is 14.3 Å². The lowest BCUT2D eigenvalue weighted by molar-refractivity contribution is 0.0947. The predicted molar refractivity (Wildman–Crippen MR) is 91.6 cm³/mol. The van der Waals surface area contributed by atoms with Crippen LogP contribution in [0.1, 0.15) is 37.0 Å². The molecule has 1 aliphatic rings. The van der Waals surface area contributed by atoms with Gasteiger partial charge in [-0.3, -0.25) is 4.79 Å². The van der Waals surface area contributed by atoms with E-state index in [1.54, 1.807) is 18.3 Å². The van der Waals surface area contributed by atoms with Crippen LogP contribution < -0.4 is 14.8 Å². The molecule has 2 aromatic rings. The number of carbonyl (C=O) groups excluding carboxylic acids is 1. The highest BCUT2D eigenvalue weighted by Crippen LogP contribution is 2.34. The zero-order chi connectivity index (χ0) is 17.0. The number of hydrogen-bond acceptors (Lipinski definition) is 4.